The molecule has 0 aromatic rings. The third-order valence-electron chi connectivity index (χ3n) is 5.17. The van der Waals surface area contributed by atoms with E-state index in [1.165, 1.54) is 32.1 Å². The van der Waals surface area contributed by atoms with Crippen LogP contribution in [0, 0.1) is 17.8 Å². The number of rotatable bonds is 7. The van der Waals surface area contributed by atoms with Gasteiger partial charge in [-0.3, -0.25) is 4.79 Å². The Balaban J connectivity index is 0.00000220. The van der Waals surface area contributed by atoms with Gasteiger partial charge in [0.2, 0.25) is 5.91 Å². The van der Waals surface area contributed by atoms with Crippen molar-refractivity contribution >= 4 is 18.3 Å². The lowest BCUT2D eigenvalue weighted by atomic mass is 9.89. The number of hydrogen-bond donors (Lipinski definition) is 1. The van der Waals surface area contributed by atoms with Gasteiger partial charge in [0.05, 0.1) is 0 Å². The third-order valence-corrected chi connectivity index (χ3v) is 5.17. The molecule has 1 N–H and O–H groups in total. The Morgan fingerprint density at radius 1 is 1.24 bits per heavy atom. The van der Waals surface area contributed by atoms with Crippen LogP contribution in [0.15, 0.2) is 0 Å². The van der Waals surface area contributed by atoms with Gasteiger partial charge in [-0.25, -0.2) is 0 Å². The first kappa shape index (κ1) is 18.8. The largest absolute Gasteiger partial charge is 0.342 e. The topological polar surface area (TPSA) is 32.3 Å². The molecule has 3 nitrogen and oxygen atoms in total. The Bertz CT molecular complexity index is 305. The van der Waals surface area contributed by atoms with E-state index >= 15 is 0 Å². The fraction of sp³-hybridized carbons (Fsp3) is 0.941. The Morgan fingerprint density at radius 3 is 2.57 bits per heavy atom. The molecule has 2 atom stereocenters. The van der Waals surface area contributed by atoms with Crippen molar-refractivity contribution in [1.82, 2.24) is 10.2 Å². The summed E-state index contributed by atoms with van der Waals surface area (Å²) in [5.74, 6) is 2.25. The Kier molecular flexibility index (Phi) is 8.65. The molecule has 2 fully saturated rings. The summed E-state index contributed by atoms with van der Waals surface area (Å²) in [5.41, 5.74) is 0. The lowest BCUT2D eigenvalue weighted by molar-refractivity contribution is -0.135. The van der Waals surface area contributed by atoms with Crippen LogP contribution in [0.3, 0.4) is 0 Å². The summed E-state index contributed by atoms with van der Waals surface area (Å²) in [7, 11) is 2.00. The normalized spacial score (nSPS) is 24.1. The van der Waals surface area contributed by atoms with Crippen LogP contribution in [0.5, 0.6) is 0 Å². The number of carbonyl (C=O) groups is 1. The van der Waals surface area contributed by atoms with E-state index in [0.717, 1.165) is 44.8 Å². The van der Waals surface area contributed by atoms with Crippen molar-refractivity contribution in [2.75, 3.05) is 26.7 Å². The summed E-state index contributed by atoms with van der Waals surface area (Å²) in [6, 6.07) is 0. The molecule has 2 rings (SSSR count). The fourth-order valence-electron chi connectivity index (χ4n) is 4.09. The smallest absolute Gasteiger partial charge is 0.225 e. The van der Waals surface area contributed by atoms with Crippen molar-refractivity contribution in [3.63, 3.8) is 0 Å². The van der Waals surface area contributed by atoms with Gasteiger partial charge in [-0.15, -0.1) is 12.4 Å². The van der Waals surface area contributed by atoms with Crippen LogP contribution in [0.4, 0.5) is 0 Å². The van der Waals surface area contributed by atoms with Gasteiger partial charge in [-0.2, -0.15) is 0 Å². The summed E-state index contributed by atoms with van der Waals surface area (Å²) in [6.45, 7) is 5.22. The molecule has 1 amide bonds. The molecule has 0 aromatic carbocycles. The summed E-state index contributed by atoms with van der Waals surface area (Å²) in [5, 5.41) is 3.24. The zero-order valence-corrected chi connectivity index (χ0v) is 14.6. The van der Waals surface area contributed by atoms with Crippen LogP contribution in [-0.4, -0.2) is 37.5 Å². The molecule has 2 aliphatic rings. The van der Waals surface area contributed by atoms with Gasteiger partial charge >= 0.3 is 0 Å². The predicted octanol–water partition coefficient (Wildman–Crippen LogP) is 3.47. The SMILES string of the molecule is CCCC(CC1CCCC1)C(=O)N1CCC(CNC)C1.Cl. The van der Waals surface area contributed by atoms with Crippen LogP contribution in [0.1, 0.15) is 58.3 Å². The van der Waals surface area contributed by atoms with Gasteiger partial charge in [0.1, 0.15) is 0 Å². The van der Waals surface area contributed by atoms with Crippen molar-refractivity contribution in [2.24, 2.45) is 17.8 Å². The quantitative estimate of drug-likeness (QED) is 0.780. The van der Waals surface area contributed by atoms with Gasteiger partial charge in [-0.1, -0.05) is 39.0 Å². The molecule has 0 radical (unpaired) electrons. The molecule has 4 heteroatoms. The highest BCUT2D eigenvalue weighted by molar-refractivity contribution is 5.85. The highest BCUT2D eigenvalue weighted by atomic mass is 35.5. The molecule has 1 saturated heterocycles. The average Bonchev–Trinajstić information content (AvgIpc) is 3.09. The number of amides is 1. The van der Waals surface area contributed by atoms with Crippen molar-refractivity contribution in [3.8, 4) is 0 Å². The molecule has 124 valence electrons. The van der Waals surface area contributed by atoms with Gasteiger partial charge < -0.3 is 10.2 Å². The summed E-state index contributed by atoms with van der Waals surface area (Å²) >= 11 is 0. The van der Waals surface area contributed by atoms with Crippen LogP contribution in [0.2, 0.25) is 0 Å². The molecule has 1 aliphatic carbocycles. The van der Waals surface area contributed by atoms with Gasteiger partial charge in [-0.05, 0) is 44.7 Å². The first-order valence-electron chi connectivity index (χ1n) is 8.68. The van der Waals surface area contributed by atoms with Crippen LogP contribution < -0.4 is 5.32 Å². The lowest BCUT2D eigenvalue weighted by Gasteiger charge is -2.25. The molecular weight excluding hydrogens is 284 g/mol. The molecule has 0 spiro atoms. The average molecular weight is 317 g/mol. The first-order chi connectivity index (χ1) is 9.74. The first-order valence-corrected chi connectivity index (χ1v) is 8.68. The van der Waals surface area contributed by atoms with E-state index in [9.17, 15) is 4.79 Å². The number of hydrogen-bond acceptors (Lipinski definition) is 2. The predicted molar refractivity (Wildman–Crippen MR) is 90.8 cm³/mol. The lowest BCUT2D eigenvalue weighted by Crippen LogP contribution is -2.36. The molecule has 1 saturated carbocycles. The van der Waals surface area contributed by atoms with E-state index in [-0.39, 0.29) is 12.4 Å². The second-order valence-electron chi connectivity index (χ2n) is 6.87. The zero-order valence-electron chi connectivity index (χ0n) is 13.8. The molecular formula is C17H33ClN2O. The van der Waals surface area contributed by atoms with E-state index in [0.29, 0.717) is 17.7 Å². The summed E-state index contributed by atoms with van der Waals surface area (Å²) < 4.78 is 0. The maximum absolute atomic E-state index is 12.8. The van der Waals surface area contributed by atoms with E-state index in [4.69, 9.17) is 0 Å². The van der Waals surface area contributed by atoms with Crippen LogP contribution in [0.25, 0.3) is 0 Å². The fourth-order valence-corrected chi connectivity index (χ4v) is 4.09. The minimum atomic E-state index is 0. The van der Waals surface area contributed by atoms with Crippen molar-refractivity contribution in [1.29, 1.82) is 0 Å². The van der Waals surface area contributed by atoms with E-state index < -0.39 is 0 Å². The Labute approximate surface area is 136 Å². The number of carbonyl (C=O) groups excluding carboxylic acids is 1. The second kappa shape index (κ2) is 9.68. The van der Waals surface area contributed by atoms with Crippen molar-refractivity contribution in [2.45, 2.75) is 58.3 Å². The molecule has 21 heavy (non-hydrogen) atoms. The molecule has 2 unspecified atom stereocenters. The van der Waals surface area contributed by atoms with E-state index in [1.807, 2.05) is 7.05 Å². The number of nitrogens with zero attached hydrogens (tertiary/aromatic N) is 1. The van der Waals surface area contributed by atoms with E-state index in [1.54, 1.807) is 0 Å². The van der Waals surface area contributed by atoms with Crippen molar-refractivity contribution in [3.05, 3.63) is 0 Å². The Morgan fingerprint density at radius 2 is 1.95 bits per heavy atom. The minimum absolute atomic E-state index is 0. The number of nitrogens with one attached hydrogen (secondary N) is 1. The molecule has 1 aliphatic heterocycles. The maximum Gasteiger partial charge on any atom is 0.225 e. The molecule has 0 aromatic heterocycles. The standard InChI is InChI=1S/C17H32N2O.ClH/c1-3-6-16(11-14-7-4-5-8-14)17(20)19-10-9-15(13-19)12-18-2;/h14-16,18H,3-13H2,1-2H3;1H. The zero-order chi connectivity index (χ0) is 14.4. The Hall–Kier alpha value is -0.280. The van der Waals surface area contributed by atoms with Gasteiger partial charge in [0, 0.05) is 19.0 Å². The number of likely N-dealkylation sites (tertiary alicyclic amines) is 1. The van der Waals surface area contributed by atoms with Crippen LogP contribution >= 0.6 is 12.4 Å². The number of halogens is 1. The van der Waals surface area contributed by atoms with E-state index in [2.05, 4.69) is 17.1 Å². The van der Waals surface area contributed by atoms with Crippen molar-refractivity contribution < 1.29 is 4.79 Å². The maximum atomic E-state index is 12.8. The van der Waals surface area contributed by atoms with Crippen LogP contribution in [-0.2, 0) is 4.79 Å². The summed E-state index contributed by atoms with van der Waals surface area (Å²) in [6.07, 6.45) is 10.0. The monoisotopic (exact) mass is 316 g/mol. The highest BCUT2D eigenvalue weighted by Gasteiger charge is 2.31. The molecule has 0 bridgehead atoms. The third kappa shape index (κ3) is 5.45. The highest BCUT2D eigenvalue weighted by Crippen LogP contribution is 2.33. The molecule has 1 heterocycles. The minimum Gasteiger partial charge on any atom is -0.342 e. The summed E-state index contributed by atoms with van der Waals surface area (Å²) in [4.78, 5) is 14.9. The second-order valence-corrected chi connectivity index (χ2v) is 6.87. The van der Waals surface area contributed by atoms with Gasteiger partial charge in [0.25, 0.3) is 0 Å². The van der Waals surface area contributed by atoms with Gasteiger partial charge in [0.15, 0.2) is 0 Å².